The summed E-state index contributed by atoms with van der Waals surface area (Å²) >= 11 is 0. The summed E-state index contributed by atoms with van der Waals surface area (Å²) in [4.78, 5) is 0. The van der Waals surface area contributed by atoms with E-state index in [1.165, 1.54) is 16.8 Å². The summed E-state index contributed by atoms with van der Waals surface area (Å²) in [6.07, 6.45) is 1.06. The van der Waals surface area contributed by atoms with E-state index in [4.69, 9.17) is 4.74 Å². The van der Waals surface area contributed by atoms with Gasteiger partial charge in [0.1, 0.15) is 5.75 Å². The van der Waals surface area contributed by atoms with Gasteiger partial charge in [0.25, 0.3) is 0 Å². The largest absolute Gasteiger partial charge is 0.497 e. The lowest BCUT2D eigenvalue weighted by atomic mass is 9.66. The molecule has 0 amide bonds. The first kappa shape index (κ1) is 14.0. The van der Waals surface area contributed by atoms with Gasteiger partial charge in [0.15, 0.2) is 0 Å². The predicted molar refractivity (Wildman–Crippen MR) is 88.2 cm³/mol. The smallest absolute Gasteiger partial charge is 0.118 e. The molecular weight excluding hydrogens is 258 g/mol. The van der Waals surface area contributed by atoms with Crippen LogP contribution < -0.4 is 10.1 Å². The van der Waals surface area contributed by atoms with Gasteiger partial charge in [-0.2, -0.15) is 0 Å². The molecule has 0 saturated heterocycles. The van der Waals surface area contributed by atoms with Gasteiger partial charge in [-0.1, -0.05) is 37.3 Å². The molecule has 0 unspecified atom stereocenters. The molecule has 1 aliphatic rings. The zero-order chi connectivity index (χ0) is 15.1. The summed E-state index contributed by atoms with van der Waals surface area (Å²) in [5.74, 6) is 0.906. The third kappa shape index (κ3) is 2.39. The number of para-hydroxylation sites is 1. The Morgan fingerprint density at radius 1 is 0.952 bits per heavy atom. The molecule has 0 radical (unpaired) electrons. The van der Waals surface area contributed by atoms with E-state index in [9.17, 15) is 0 Å². The molecule has 2 nitrogen and oxygen atoms in total. The number of methoxy groups -OCH3 is 1. The fourth-order valence-electron chi connectivity index (χ4n) is 3.68. The molecule has 0 fully saturated rings. The number of fused-ring (bicyclic) bond motifs is 1. The number of anilines is 1. The van der Waals surface area contributed by atoms with E-state index < -0.39 is 0 Å². The third-order valence-electron chi connectivity index (χ3n) is 4.52. The third-order valence-corrected chi connectivity index (χ3v) is 4.52. The second kappa shape index (κ2) is 4.80. The van der Waals surface area contributed by atoms with Crippen LogP contribution >= 0.6 is 0 Å². The second-order valence-electron chi connectivity index (χ2n) is 6.79. The Kier molecular flexibility index (Phi) is 3.20. The molecular formula is C19H23NO. The first-order chi connectivity index (χ1) is 9.94. The normalized spacial score (nSPS) is 23.0. The minimum absolute atomic E-state index is 0.0115. The number of benzene rings is 2. The molecule has 0 aliphatic carbocycles. The van der Waals surface area contributed by atoms with E-state index in [-0.39, 0.29) is 11.0 Å². The van der Waals surface area contributed by atoms with Crippen LogP contribution in [0.4, 0.5) is 5.69 Å². The van der Waals surface area contributed by atoms with Gasteiger partial charge < -0.3 is 10.1 Å². The van der Waals surface area contributed by atoms with Crippen LogP contribution in [0.1, 0.15) is 38.3 Å². The highest BCUT2D eigenvalue weighted by Crippen LogP contribution is 2.47. The molecule has 0 saturated carbocycles. The molecule has 1 heterocycles. The zero-order valence-corrected chi connectivity index (χ0v) is 13.2. The van der Waals surface area contributed by atoms with E-state index in [1.807, 2.05) is 0 Å². The summed E-state index contributed by atoms with van der Waals surface area (Å²) < 4.78 is 5.29. The maximum atomic E-state index is 5.29. The first-order valence-electron chi connectivity index (χ1n) is 7.47. The standard InChI is InChI=1S/C19H23NO/c1-18(2)13-19(3,14-9-11-15(21-4)12-10-14)16-7-5-6-8-17(16)20-18/h5-12,20H,13H2,1-4H3/t19-/m1/s1. The summed E-state index contributed by atoms with van der Waals surface area (Å²) in [7, 11) is 1.71. The van der Waals surface area contributed by atoms with E-state index >= 15 is 0 Å². The van der Waals surface area contributed by atoms with Crippen LogP contribution in [0.2, 0.25) is 0 Å². The molecule has 1 aliphatic heterocycles. The average molecular weight is 281 g/mol. The molecule has 3 rings (SSSR count). The fourth-order valence-corrected chi connectivity index (χ4v) is 3.68. The average Bonchev–Trinajstić information content (AvgIpc) is 2.46. The van der Waals surface area contributed by atoms with Crippen molar-refractivity contribution in [2.75, 3.05) is 12.4 Å². The van der Waals surface area contributed by atoms with Crippen LogP contribution in [-0.2, 0) is 5.41 Å². The quantitative estimate of drug-likeness (QED) is 0.869. The lowest BCUT2D eigenvalue weighted by molar-refractivity contribution is 0.377. The van der Waals surface area contributed by atoms with E-state index in [2.05, 4.69) is 74.6 Å². The molecule has 1 atom stereocenters. The van der Waals surface area contributed by atoms with Gasteiger partial charge >= 0.3 is 0 Å². The van der Waals surface area contributed by atoms with Gasteiger partial charge in [0, 0.05) is 16.6 Å². The maximum absolute atomic E-state index is 5.29. The summed E-state index contributed by atoms with van der Waals surface area (Å²) in [5.41, 5.74) is 4.03. The minimum atomic E-state index is 0.0115. The molecule has 0 aromatic heterocycles. The monoisotopic (exact) mass is 281 g/mol. The highest BCUT2D eigenvalue weighted by Gasteiger charge is 2.41. The molecule has 2 aromatic carbocycles. The van der Waals surface area contributed by atoms with Crippen molar-refractivity contribution in [1.82, 2.24) is 0 Å². The minimum Gasteiger partial charge on any atom is -0.497 e. The van der Waals surface area contributed by atoms with Crippen molar-refractivity contribution >= 4 is 5.69 Å². The van der Waals surface area contributed by atoms with Gasteiger partial charge in [-0.3, -0.25) is 0 Å². The molecule has 0 bridgehead atoms. The zero-order valence-electron chi connectivity index (χ0n) is 13.2. The number of nitrogens with one attached hydrogen (secondary N) is 1. The lowest BCUT2D eigenvalue weighted by Gasteiger charge is -2.45. The van der Waals surface area contributed by atoms with Crippen LogP contribution in [0.25, 0.3) is 0 Å². The fraction of sp³-hybridized carbons (Fsp3) is 0.368. The number of hydrogen-bond acceptors (Lipinski definition) is 2. The van der Waals surface area contributed by atoms with Gasteiger partial charge in [-0.25, -0.2) is 0 Å². The van der Waals surface area contributed by atoms with Gasteiger partial charge in [-0.15, -0.1) is 0 Å². The molecule has 0 spiro atoms. The topological polar surface area (TPSA) is 21.3 Å². The van der Waals surface area contributed by atoms with Crippen molar-refractivity contribution in [2.24, 2.45) is 0 Å². The predicted octanol–water partition coefficient (Wildman–Crippen LogP) is 4.60. The van der Waals surface area contributed by atoms with Crippen molar-refractivity contribution in [1.29, 1.82) is 0 Å². The SMILES string of the molecule is COc1ccc([C@@]2(C)CC(C)(C)Nc3ccccc32)cc1. The second-order valence-corrected chi connectivity index (χ2v) is 6.79. The highest BCUT2D eigenvalue weighted by atomic mass is 16.5. The van der Waals surface area contributed by atoms with Crippen LogP contribution in [0, 0.1) is 0 Å². The highest BCUT2D eigenvalue weighted by molar-refractivity contribution is 5.62. The van der Waals surface area contributed by atoms with Crippen molar-refractivity contribution in [2.45, 2.75) is 38.1 Å². The van der Waals surface area contributed by atoms with Gasteiger partial charge in [-0.05, 0) is 49.6 Å². The van der Waals surface area contributed by atoms with E-state index in [0.717, 1.165) is 12.2 Å². The Labute approximate surface area is 127 Å². The van der Waals surface area contributed by atoms with Crippen molar-refractivity contribution < 1.29 is 4.74 Å². The van der Waals surface area contributed by atoms with Crippen LogP contribution in [-0.4, -0.2) is 12.6 Å². The summed E-state index contributed by atoms with van der Waals surface area (Å²) in [6.45, 7) is 6.88. The Morgan fingerprint density at radius 2 is 1.62 bits per heavy atom. The molecule has 2 aromatic rings. The molecule has 21 heavy (non-hydrogen) atoms. The Hall–Kier alpha value is -1.96. The molecule has 1 N–H and O–H groups in total. The van der Waals surface area contributed by atoms with Crippen molar-refractivity contribution in [3.63, 3.8) is 0 Å². The lowest BCUT2D eigenvalue weighted by Crippen LogP contribution is -2.45. The maximum Gasteiger partial charge on any atom is 0.118 e. The number of hydrogen-bond donors (Lipinski definition) is 1. The van der Waals surface area contributed by atoms with E-state index in [0.29, 0.717) is 0 Å². The van der Waals surface area contributed by atoms with Crippen LogP contribution in [0.5, 0.6) is 5.75 Å². The van der Waals surface area contributed by atoms with E-state index in [1.54, 1.807) is 7.11 Å². The van der Waals surface area contributed by atoms with Crippen LogP contribution in [0.3, 0.4) is 0 Å². The molecule has 110 valence electrons. The Balaban J connectivity index is 2.13. The van der Waals surface area contributed by atoms with Crippen molar-refractivity contribution in [3.05, 3.63) is 59.7 Å². The van der Waals surface area contributed by atoms with Gasteiger partial charge in [0.2, 0.25) is 0 Å². The van der Waals surface area contributed by atoms with Gasteiger partial charge in [0.05, 0.1) is 7.11 Å². The summed E-state index contributed by atoms with van der Waals surface area (Å²) in [6, 6.07) is 17.1. The Bertz CT molecular complexity index is 645. The van der Waals surface area contributed by atoms with Crippen LogP contribution in [0.15, 0.2) is 48.5 Å². The Morgan fingerprint density at radius 3 is 2.29 bits per heavy atom. The van der Waals surface area contributed by atoms with Crippen molar-refractivity contribution in [3.8, 4) is 5.75 Å². The number of rotatable bonds is 2. The first-order valence-corrected chi connectivity index (χ1v) is 7.47. The number of ether oxygens (including phenoxy) is 1. The molecule has 2 heteroatoms. The summed E-state index contributed by atoms with van der Waals surface area (Å²) in [5, 5.41) is 3.66.